The van der Waals surface area contributed by atoms with Crippen LogP contribution in [-0.2, 0) is 14.3 Å². The van der Waals surface area contributed by atoms with Gasteiger partial charge >= 0.3 is 5.97 Å². The van der Waals surface area contributed by atoms with Crippen molar-refractivity contribution in [2.45, 2.75) is 39.7 Å². The zero-order valence-corrected chi connectivity index (χ0v) is 10.9. The van der Waals surface area contributed by atoms with Gasteiger partial charge in [0.2, 0.25) is 0 Å². The Bertz CT molecular complexity index is 560. The first-order valence-corrected chi connectivity index (χ1v) is 6.32. The second kappa shape index (κ2) is 3.67. The molecule has 3 nitrogen and oxygen atoms in total. The lowest BCUT2D eigenvalue weighted by Crippen LogP contribution is -2.11. The molecule has 2 aliphatic carbocycles. The molecule has 3 aliphatic rings. The summed E-state index contributed by atoms with van der Waals surface area (Å²) >= 11 is 0. The van der Waals surface area contributed by atoms with Gasteiger partial charge in [-0.05, 0) is 38.8 Å². The van der Waals surface area contributed by atoms with E-state index in [1.807, 2.05) is 20.8 Å². The smallest absolute Gasteiger partial charge is 0.334 e. The zero-order valence-electron chi connectivity index (χ0n) is 10.9. The maximum atomic E-state index is 12.0. The summed E-state index contributed by atoms with van der Waals surface area (Å²) in [5.74, 6) is 0.0960. The maximum Gasteiger partial charge on any atom is 0.334 e. The van der Waals surface area contributed by atoms with Crippen LogP contribution in [0.1, 0.15) is 33.6 Å². The summed E-state index contributed by atoms with van der Waals surface area (Å²) in [5.41, 5.74) is 4.93. The number of ketones is 1. The molecule has 0 aromatic heterocycles. The highest BCUT2D eigenvalue weighted by Gasteiger charge is 2.40. The van der Waals surface area contributed by atoms with Gasteiger partial charge in [0.05, 0.1) is 0 Å². The average molecular weight is 244 g/mol. The summed E-state index contributed by atoms with van der Waals surface area (Å²) in [7, 11) is 0. The summed E-state index contributed by atoms with van der Waals surface area (Å²) < 4.78 is 5.39. The van der Waals surface area contributed by atoms with Crippen LogP contribution in [0.25, 0.3) is 0 Å². The lowest BCUT2D eigenvalue weighted by Gasteiger charge is -2.14. The number of hydrogen-bond donors (Lipinski definition) is 0. The largest absolute Gasteiger partial charge is 0.454 e. The van der Waals surface area contributed by atoms with Crippen molar-refractivity contribution >= 4 is 11.8 Å². The molecule has 0 radical (unpaired) electrons. The fourth-order valence-corrected chi connectivity index (χ4v) is 3.27. The summed E-state index contributed by atoms with van der Waals surface area (Å²) in [6, 6.07) is 0. The number of rotatable bonds is 0. The van der Waals surface area contributed by atoms with E-state index in [9.17, 15) is 9.59 Å². The molecule has 18 heavy (non-hydrogen) atoms. The Morgan fingerprint density at radius 3 is 2.61 bits per heavy atom. The predicted molar refractivity (Wildman–Crippen MR) is 66.8 cm³/mol. The Labute approximate surface area is 106 Å². The third kappa shape index (κ3) is 1.43. The molecule has 1 heterocycles. The highest BCUT2D eigenvalue weighted by molar-refractivity contribution is 6.09. The highest BCUT2D eigenvalue weighted by Crippen LogP contribution is 2.44. The van der Waals surface area contributed by atoms with Gasteiger partial charge in [0.25, 0.3) is 0 Å². The molecule has 3 rings (SSSR count). The summed E-state index contributed by atoms with van der Waals surface area (Å²) in [4.78, 5) is 23.6. The quantitative estimate of drug-likeness (QED) is 0.615. The first-order valence-electron chi connectivity index (χ1n) is 6.32. The van der Waals surface area contributed by atoms with Crippen molar-refractivity contribution in [3.05, 3.63) is 33.9 Å². The Kier molecular flexibility index (Phi) is 2.34. The molecule has 0 saturated carbocycles. The van der Waals surface area contributed by atoms with E-state index in [0.717, 1.165) is 34.3 Å². The van der Waals surface area contributed by atoms with E-state index < -0.39 is 0 Å². The van der Waals surface area contributed by atoms with Crippen LogP contribution in [0.5, 0.6) is 0 Å². The highest BCUT2D eigenvalue weighted by atomic mass is 16.5. The van der Waals surface area contributed by atoms with Crippen LogP contribution in [0.4, 0.5) is 0 Å². The van der Waals surface area contributed by atoms with Crippen LogP contribution < -0.4 is 0 Å². The van der Waals surface area contributed by atoms with E-state index in [4.69, 9.17) is 4.74 Å². The van der Waals surface area contributed by atoms with Crippen LogP contribution in [0, 0.1) is 5.92 Å². The number of hydrogen-bond acceptors (Lipinski definition) is 3. The van der Waals surface area contributed by atoms with Gasteiger partial charge in [0.1, 0.15) is 6.10 Å². The van der Waals surface area contributed by atoms with Crippen molar-refractivity contribution in [3.8, 4) is 0 Å². The van der Waals surface area contributed by atoms with Gasteiger partial charge in [-0.2, -0.15) is 0 Å². The van der Waals surface area contributed by atoms with Crippen molar-refractivity contribution in [3.63, 3.8) is 0 Å². The van der Waals surface area contributed by atoms with Gasteiger partial charge in [-0.25, -0.2) is 4.79 Å². The maximum absolute atomic E-state index is 12.0. The van der Waals surface area contributed by atoms with Gasteiger partial charge in [-0.1, -0.05) is 11.1 Å². The number of carbonyl (C=O) groups excluding carboxylic acids is 2. The van der Waals surface area contributed by atoms with E-state index in [-0.39, 0.29) is 23.8 Å². The minimum absolute atomic E-state index is 0.138. The molecular formula is C15H16O3. The number of esters is 1. The van der Waals surface area contributed by atoms with E-state index in [0.29, 0.717) is 6.42 Å². The molecule has 0 bridgehead atoms. The fraction of sp³-hybridized carbons (Fsp3) is 0.467. The molecule has 0 amide bonds. The van der Waals surface area contributed by atoms with E-state index in [1.165, 1.54) is 0 Å². The van der Waals surface area contributed by atoms with Crippen molar-refractivity contribution in [1.82, 2.24) is 0 Å². The van der Waals surface area contributed by atoms with Gasteiger partial charge in [-0.15, -0.1) is 0 Å². The van der Waals surface area contributed by atoms with Gasteiger partial charge in [-0.3, -0.25) is 4.79 Å². The Balaban J connectivity index is 2.08. The Morgan fingerprint density at radius 2 is 1.89 bits per heavy atom. The van der Waals surface area contributed by atoms with Crippen LogP contribution in [0.3, 0.4) is 0 Å². The van der Waals surface area contributed by atoms with Gasteiger partial charge < -0.3 is 4.74 Å². The molecule has 0 N–H and O–H groups in total. The van der Waals surface area contributed by atoms with Gasteiger partial charge in [0.15, 0.2) is 5.78 Å². The van der Waals surface area contributed by atoms with Crippen LogP contribution >= 0.6 is 0 Å². The average Bonchev–Trinajstić information content (AvgIpc) is 2.65. The standard InChI is InChI=1S/C15H16O3/c1-7-4-12(16)14-8(2)5-13-11(6-10(7)14)9(3)15(17)18-13/h4,10,13H,5-6H2,1-3H3/t10-,13-/m0/s1. The molecule has 1 aliphatic heterocycles. The molecular weight excluding hydrogens is 228 g/mol. The molecule has 0 unspecified atom stereocenters. The molecule has 0 saturated heterocycles. The monoisotopic (exact) mass is 244 g/mol. The van der Waals surface area contributed by atoms with E-state index >= 15 is 0 Å². The minimum Gasteiger partial charge on any atom is -0.454 e. The number of allylic oxidation sites excluding steroid dienone is 3. The topological polar surface area (TPSA) is 43.4 Å². The summed E-state index contributed by atoms with van der Waals surface area (Å²) in [5, 5.41) is 0. The van der Waals surface area contributed by atoms with Crippen molar-refractivity contribution in [2.75, 3.05) is 0 Å². The third-order valence-electron chi connectivity index (χ3n) is 4.32. The van der Waals surface area contributed by atoms with E-state index in [2.05, 4.69) is 0 Å². The normalized spacial score (nSPS) is 31.2. The summed E-state index contributed by atoms with van der Waals surface area (Å²) in [6.07, 6.45) is 3.01. The molecule has 3 heteroatoms. The van der Waals surface area contributed by atoms with Crippen LogP contribution in [0.2, 0.25) is 0 Å². The zero-order chi connectivity index (χ0) is 13.0. The van der Waals surface area contributed by atoms with Gasteiger partial charge in [0, 0.05) is 23.5 Å². The number of ether oxygens (including phenoxy) is 1. The molecule has 94 valence electrons. The number of fused-ring (bicyclic) bond motifs is 2. The number of carbonyl (C=O) groups is 2. The Morgan fingerprint density at radius 1 is 1.17 bits per heavy atom. The van der Waals surface area contributed by atoms with Crippen molar-refractivity contribution in [2.24, 2.45) is 5.92 Å². The molecule has 0 aromatic rings. The fourth-order valence-electron chi connectivity index (χ4n) is 3.27. The van der Waals surface area contributed by atoms with Crippen LogP contribution in [0.15, 0.2) is 33.9 Å². The predicted octanol–water partition coefficient (Wildman–Crippen LogP) is 2.48. The lowest BCUT2D eigenvalue weighted by molar-refractivity contribution is -0.139. The lowest BCUT2D eigenvalue weighted by atomic mass is 9.89. The first-order chi connectivity index (χ1) is 8.49. The van der Waals surface area contributed by atoms with E-state index in [1.54, 1.807) is 6.08 Å². The first kappa shape index (κ1) is 11.5. The molecule has 0 spiro atoms. The molecule has 0 aromatic carbocycles. The van der Waals surface area contributed by atoms with Crippen LogP contribution in [-0.4, -0.2) is 17.9 Å². The van der Waals surface area contributed by atoms with Crippen molar-refractivity contribution in [1.29, 1.82) is 0 Å². The second-order valence-corrected chi connectivity index (χ2v) is 5.45. The second-order valence-electron chi connectivity index (χ2n) is 5.45. The summed E-state index contributed by atoms with van der Waals surface area (Å²) in [6.45, 7) is 5.81. The SMILES string of the molecule is CC1=CC(=O)C2=C(C)C[C@@H]3OC(=O)C(C)=C3C[C@@H]12. The Hall–Kier alpha value is -1.64. The van der Waals surface area contributed by atoms with Crippen molar-refractivity contribution < 1.29 is 14.3 Å². The molecule has 0 fully saturated rings. The minimum atomic E-state index is -0.197. The molecule has 2 atom stereocenters. The third-order valence-corrected chi connectivity index (χ3v) is 4.32.